The predicted octanol–water partition coefficient (Wildman–Crippen LogP) is 3.47. The predicted molar refractivity (Wildman–Crippen MR) is 88.5 cm³/mol. The second-order valence-electron chi connectivity index (χ2n) is 5.06. The maximum atomic E-state index is 13.2. The molecule has 0 saturated heterocycles. The van der Waals surface area contributed by atoms with Crippen molar-refractivity contribution in [2.75, 3.05) is 17.7 Å². The molecular formula is C17H15F2N5. The number of benzene rings is 1. The number of pyridine rings is 1. The van der Waals surface area contributed by atoms with Gasteiger partial charge in [0.1, 0.15) is 17.5 Å². The SMILES string of the molecule is CNc1nc(NCc2cc(F)cc(F)c2)cc(-c2ccccn2)n1. The third kappa shape index (κ3) is 3.81. The first-order chi connectivity index (χ1) is 11.6. The monoisotopic (exact) mass is 327 g/mol. The highest BCUT2D eigenvalue weighted by molar-refractivity contribution is 5.60. The zero-order valence-corrected chi connectivity index (χ0v) is 12.9. The molecule has 0 spiro atoms. The molecule has 0 aliphatic rings. The zero-order chi connectivity index (χ0) is 16.9. The molecule has 3 rings (SSSR count). The van der Waals surface area contributed by atoms with Crippen LogP contribution in [0.4, 0.5) is 20.5 Å². The van der Waals surface area contributed by atoms with Gasteiger partial charge in [-0.1, -0.05) is 6.07 Å². The minimum atomic E-state index is -0.612. The fourth-order valence-corrected chi connectivity index (χ4v) is 2.20. The summed E-state index contributed by atoms with van der Waals surface area (Å²) in [6.07, 6.45) is 1.68. The normalized spacial score (nSPS) is 10.5. The van der Waals surface area contributed by atoms with Gasteiger partial charge in [0.2, 0.25) is 5.95 Å². The van der Waals surface area contributed by atoms with Gasteiger partial charge < -0.3 is 10.6 Å². The van der Waals surface area contributed by atoms with Crippen LogP contribution in [0, 0.1) is 11.6 Å². The third-order valence-corrected chi connectivity index (χ3v) is 3.27. The Morgan fingerprint density at radius 3 is 2.42 bits per heavy atom. The first-order valence-electron chi connectivity index (χ1n) is 7.31. The minimum absolute atomic E-state index is 0.233. The molecule has 7 heteroatoms. The lowest BCUT2D eigenvalue weighted by Gasteiger charge is -2.10. The molecule has 1 aromatic carbocycles. The fourth-order valence-electron chi connectivity index (χ4n) is 2.20. The Bertz CT molecular complexity index is 819. The molecule has 2 N–H and O–H groups in total. The van der Waals surface area contributed by atoms with Crippen molar-refractivity contribution in [3.05, 3.63) is 65.9 Å². The van der Waals surface area contributed by atoms with Gasteiger partial charge in [-0.15, -0.1) is 0 Å². The van der Waals surface area contributed by atoms with Crippen LogP contribution in [0.5, 0.6) is 0 Å². The van der Waals surface area contributed by atoms with E-state index in [2.05, 4.69) is 25.6 Å². The molecule has 2 aromatic heterocycles. The van der Waals surface area contributed by atoms with Gasteiger partial charge in [-0.25, -0.2) is 13.8 Å². The highest BCUT2D eigenvalue weighted by Crippen LogP contribution is 2.20. The summed E-state index contributed by atoms with van der Waals surface area (Å²) in [4.78, 5) is 12.9. The number of aromatic nitrogens is 3. The van der Waals surface area contributed by atoms with Gasteiger partial charge in [0.25, 0.3) is 0 Å². The Hall–Kier alpha value is -3.09. The van der Waals surface area contributed by atoms with E-state index < -0.39 is 11.6 Å². The molecule has 0 radical (unpaired) electrons. The van der Waals surface area contributed by atoms with E-state index in [1.165, 1.54) is 12.1 Å². The van der Waals surface area contributed by atoms with Crippen molar-refractivity contribution in [3.63, 3.8) is 0 Å². The van der Waals surface area contributed by atoms with Gasteiger partial charge in [0.15, 0.2) is 0 Å². The van der Waals surface area contributed by atoms with Crippen molar-refractivity contribution < 1.29 is 8.78 Å². The topological polar surface area (TPSA) is 62.7 Å². The summed E-state index contributed by atoms with van der Waals surface area (Å²) in [5.74, 6) is -0.273. The highest BCUT2D eigenvalue weighted by atomic mass is 19.1. The first kappa shape index (κ1) is 15.8. The Kier molecular flexibility index (Phi) is 4.60. The molecule has 5 nitrogen and oxygen atoms in total. The Balaban J connectivity index is 1.85. The smallest absolute Gasteiger partial charge is 0.224 e. The average Bonchev–Trinajstić information content (AvgIpc) is 2.59. The van der Waals surface area contributed by atoms with Crippen molar-refractivity contribution in [1.29, 1.82) is 0 Å². The third-order valence-electron chi connectivity index (χ3n) is 3.27. The quantitative estimate of drug-likeness (QED) is 0.751. The minimum Gasteiger partial charge on any atom is -0.366 e. The number of nitrogens with one attached hydrogen (secondary N) is 2. The lowest BCUT2D eigenvalue weighted by atomic mass is 10.2. The highest BCUT2D eigenvalue weighted by Gasteiger charge is 2.07. The van der Waals surface area contributed by atoms with Crippen molar-refractivity contribution >= 4 is 11.8 Å². The molecule has 0 fully saturated rings. The van der Waals surface area contributed by atoms with E-state index in [-0.39, 0.29) is 6.54 Å². The van der Waals surface area contributed by atoms with E-state index in [0.717, 1.165) is 6.07 Å². The van der Waals surface area contributed by atoms with Crippen LogP contribution < -0.4 is 10.6 Å². The van der Waals surface area contributed by atoms with Crippen LogP contribution in [0.3, 0.4) is 0 Å². The summed E-state index contributed by atoms with van der Waals surface area (Å²) < 4.78 is 26.5. The molecule has 0 bridgehead atoms. The Labute approximate surface area is 137 Å². The molecule has 2 heterocycles. The van der Waals surface area contributed by atoms with Crippen molar-refractivity contribution in [2.45, 2.75) is 6.54 Å². The second-order valence-corrected chi connectivity index (χ2v) is 5.06. The second kappa shape index (κ2) is 6.99. The molecule has 0 atom stereocenters. The van der Waals surface area contributed by atoms with Crippen molar-refractivity contribution in [3.8, 4) is 11.4 Å². The van der Waals surface area contributed by atoms with Crippen LogP contribution >= 0.6 is 0 Å². The summed E-state index contributed by atoms with van der Waals surface area (Å²) in [7, 11) is 1.71. The number of halogens is 2. The number of hydrogen-bond donors (Lipinski definition) is 2. The Morgan fingerprint density at radius 1 is 0.958 bits per heavy atom. The van der Waals surface area contributed by atoms with Gasteiger partial charge in [-0.2, -0.15) is 4.98 Å². The number of anilines is 2. The molecule has 0 unspecified atom stereocenters. The van der Waals surface area contributed by atoms with E-state index in [1.54, 1.807) is 19.3 Å². The first-order valence-corrected chi connectivity index (χ1v) is 7.31. The van der Waals surface area contributed by atoms with Crippen molar-refractivity contribution in [1.82, 2.24) is 15.0 Å². The van der Waals surface area contributed by atoms with E-state index in [0.29, 0.717) is 28.7 Å². The molecule has 0 aliphatic heterocycles. The van der Waals surface area contributed by atoms with E-state index in [4.69, 9.17) is 0 Å². The summed E-state index contributed by atoms with van der Waals surface area (Å²) in [5.41, 5.74) is 1.83. The fraction of sp³-hybridized carbons (Fsp3) is 0.118. The van der Waals surface area contributed by atoms with Crippen LogP contribution in [0.2, 0.25) is 0 Å². The number of hydrogen-bond acceptors (Lipinski definition) is 5. The van der Waals surface area contributed by atoms with Crippen molar-refractivity contribution in [2.24, 2.45) is 0 Å². The van der Waals surface area contributed by atoms with Crippen LogP contribution in [-0.2, 0) is 6.54 Å². The molecule has 0 saturated carbocycles. The van der Waals surface area contributed by atoms with Crippen LogP contribution in [-0.4, -0.2) is 22.0 Å². The van der Waals surface area contributed by atoms with Crippen LogP contribution in [0.25, 0.3) is 11.4 Å². The van der Waals surface area contributed by atoms with E-state index in [1.807, 2.05) is 18.2 Å². The molecule has 3 aromatic rings. The maximum Gasteiger partial charge on any atom is 0.224 e. The molecule has 0 aliphatic carbocycles. The number of rotatable bonds is 5. The number of nitrogens with zero attached hydrogens (tertiary/aromatic N) is 3. The zero-order valence-electron chi connectivity index (χ0n) is 12.9. The summed E-state index contributed by atoms with van der Waals surface area (Å²) in [5, 5.41) is 5.93. The van der Waals surface area contributed by atoms with Gasteiger partial charge >= 0.3 is 0 Å². The lowest BCUT2D eigenvalue weighted by Crippen LogP contribution is -2.06. The maximum absolute atomic E-state index is 13.2. The summed E-state index contributed by atoms with van der Waals surface area (Å²) >= 11 is 0. The van der Waals surface area contributed by atoms with Gasteiger partial charge in [-0.3, -0.25) is 4.98 Å². The van der Waals surface area contributed by atoms with E-state index in [9.17, 15) is 8.78 Å². The summed E-state index contributed by atoms with van der Waals surface area (Å²) in [6, 6.07) is 10.7. The molecule has 0 amide bonds. The van der Waals surface area contributed by atoms with Gasteiger partial charge in [0, 0.05) is 31.9 Å². The lowest BCUT2D eigenvalue weighted by molar-refractivity contribution is 0.580. The largest absolute Gasteiger partial charge is 0.366 e. The molecule has 24 heavy (non-hydrogen) atoms. The van der Waals surface area contributed by atoms with Gasteiger partial charge in [-0.05, 0) is 29.8 Å². The average molecular weight is 327 g/mol. The van der Waals surface area contributed by atoms with E-state index >= 15 is 0 Å². The Morgan fingerprint density at radius 2 is 1.75 bits per heavy atom. The van der Waals surface area contributed by atoms with Gasteiger partial charge in [0.05, 0.1) is 11.4 Å². The standard InChI is InChI=1S/C17H15F2N5/c1-20-17-23-15(14-4-2-3-5-21-14)9-16(24-17)22-10-11-6-12(18)8-13(19)7-11/h2-9H,10H2,1H3,(H2,20,22,23,24). The summed E-state index contributed by atoms with van der Waals surface area (Å²) in [6.45, 7) is 0.233. The molecule has 122 valence electrons. The molecular weight excluding hydrogens is 312 g/mol. The van der Waals surface area contributed by atoms with Crippen LogP contribution in [0.1, 0.15) is 5.56 Å². The van der Waals surface area contributed by atoms with Crippen LogP contribution in [0.15, 0.2) is 48.7 Å².